The van der Waals surface area contributed by atoms with Gasteiger partial charge in [-0.1, -0.05) is 54.6 Å². The summed E-state index contributed by atoms with van der Waals surface area (Å²) in [6.07, 6.45) is 0.824. The molecule has 0 radical (unpaired) electrons. The van der Waals surface area contributed by atoms with E-state index in [9.17, 15) is 4.79 Å². The Balaban J connectivity index is 0.00000364. The molecular formula is C20H26ClN5O. The number of nitrogens with zero attached hydrogens (tertiary/aromatic N) is 3. The number of amidine groups is 1. The zero-order chi connectivity index (χ0) is 18.8. The first-order chi connectivity index (χ1) is 12.7. The smallest absolute Gasteiger partial charge is 0.209 e. The maximum atomic E-state index is 10.9. The van der Waals surface area contributed by atoms with Crippen molar-refractivity contribution >= 4 is 30.5 Å². The Hall–Kier alpha value is -2.86. The van der Waals surface area contributed by atoms with Gasteiger partial charge in [-0.05, 0) is 19.4 Å². The fourth-order valence-corrected chi connectivity index (χ4v) is 2.46. The van der Waals surface area contributed by atoms with E-state index < -0.39 is 0 Å². The van der Waals surface area contributed by atoms with Gasteiger partial charge in [0.25, 0.3) is 0 Å². The van der Waals surface area contributed by atoms with E-state index in [1.807, 2.05) is 42.5 Å². The van der Waals surface area contributed by atoms with Crippen LogP contribution in [0.5, 0.6) is 0 Å². The third-order valence-corrected chi connectivity index (χ3v) is 3.92. The number of nitrogens with one attached hydrogen (secondary N) is 1. The molecular weight excluding hydrogens is 362 g/mol. The van der Waals surface area contributed by atoms with Crippen molar-refractivity contribution in [3.63, 3.8) is 0 Å². The Labute approximate surface area is 166 Å². The van der Waals surface area contributed by atoms with Gasteiger partial charge in [0.1, 0.15) is 6.29 Å². The van der Waals surface area contributed by atoms with Gasteiger partial charge in [-0.15, -0.1) is 12.4 Å². The molecule has 0 amide bonds. The number of hydrazone groups is 1. The molecule has 0 saturated heterocycles. The third-order valence-electron chi connectivity index (χ3n) is 3.92. The molecule has 0 aliphatic rings. The number of hydrogen-bond donors (Lipinski definition) is 2. The highest BCUT2D eigenvalue weighted by Gasteiger charge is 2.11. The molecule has 27 heavy (non-hydrogen) atoms. The van der Waals surface area contributed by atoms with Crippen LogP contribution in [-0.2, 0) is 6.54 Å². The number of aldehydes is 1. The molecule has 0 heterocycles. The maximum absolute atomic E-state index is 10.9. The normalized spacial score (nSPS) is 11.5. The van der Waals surface area contributed by atoms with Crippen molar-refractivity contribution in [3.8, 4) is 0 Å². The Morgan fingerprint density at radius 2 is 1.70 bits per heavy atom. The van der Waals surface area contributed by atoms with Gasteiger partial charge in [0.2, 0.25) is 5.96 Å². The summed E-state index contributed by atoms with van der Waals surface area (Å²) in [6.45, 7) is 6.21. The molecule has 2 aromatic rings. The van der Waals surface area contributed by atoms with Crippen LogP contribution in [0.1, 0.15) is 35.3 Å². The van der Waals surface area contributed by atoms with E-state index >= 15 is 0 Å². The number of nitrogens with two attached hydrogens (primary N) is 1. The van der Waals surface area contributed by atoms with Crippen molar-refractivity contribution in [1.82, 2.24) is 10.3 Å². The molecule has 144 valence electrons. The van der Waals surface area contributed by atoms with Crippen LogP contribution in [0.25, 0.3) is 0 Å². The number of rotatable bonds is 7. The van der Waals surface area contributed by atoms with Crippen molar-refractivity contribution in [1.29, 1.82) is 0 Å². The van der Waals surface area contributed by atoms with E-state index in [0.717, 1.165) is 36.3 Å². The van der Waals surface area contributed by atoms with Crippen LogP contribution in [0.4, 0.5) is 0 Å². The molecule has 0 fully saturated rings. The van der Waals surface area contributed by atoms with Crippen LogP contribution in [0.3, 0.4) is 0 Å². The Morgan fingerprint density at radius 1 is 1.07 bits per heavy atom. The van der Waals surface area contributed by atoms with Crippen LogP contribution in [0.2, 0.25) is 0 Å². The van der Waals surface area contributed by atoms with Crippen LogP contribution < -0.4 is 11.2 Å². The fraction of sp³-hybridized carbons (Fsp3) is 0.250. The minimum Gasteiger partial charge on any atom is -0.369 e. The molecule has 0 spiro atoms. The van der Waals surface area contributed by atoms with Crippen LogP contribution in [0.15, 0.2) is 64.7 Å². The number of guanidine groups is 1. The predicted octanol–water partition coefficient (Wildman–Crippen LogP) is 3.03. The highest BCUT2D eigenvalue weighted by molar-refractivity contribution is 5.99. The zero-order valence-corrected chi connectivity index (χ0v) is 16.4. The lowest BCUT2D eigenvalue weighted by Gasteiger charge is -2.23. The summed E-state index contributed by atoms with van der Waals surface area (Å²) in [5, 5.41) is 4.45. The van der Waals surface area contributed by atoms with E-state index in [1.54, 1.807) is 12.1 Å². The highest BCUT2D eigenvalue weighted by atomic mass is 35.5. The topological polar surface area (TPSA) is 83.1 Å². The lowest BCUT2D eigenvalue weighted by molar-refractivity contribution is 0.112. The molecule has 2 aromatic carbocycles. The van der Waals surface area contributed by atoms with Gasteiger partial charge in [0, 0.05) is 24.2 Å². The largest absolute Gasteiger partial charge is 0.369 e. The summed E-state index contributed by atoms with van der Waals surface area (Å²) in [7, 11) is 0. The lowest BCUT2D eigenvalue weighted by Crippen LogP contribution is -2.36. The van der Waals surface area contributed by atoms with Gasteiger partial charge in [0.15, 0.2) is 5.84 Å². The summed E-state index contributed by atoms with van der Waals surface area (Å²) < 4.78 is 0. The van der Waals surface area contributed by atoms with Crippen LogP contribution >= 0.6 is 12.4 Å². The van der Waals surface area contributed by atoms with Crippen molar-refractivity contribution in [2.24, 2.45) is 15.8 Å². The molecule has 0 bridgehead atoms. The Kier molecular flexibility index (Phi) is 9.61. The molecule has 0 aliphatic heterocycles. The van der Waals surface area contributed by atoms with Crippen molar-refractivity contribution in [2.45, 2.75) is 20.4 Å². The lowest BCUT2D eigenvalue weighted by atomic mass is 10.1. The number of carbonyl (C=O) groups excluding carboxylic acids is 1. The standard InChI is InChI=1S/C20H25N5O.ClH/c1-3-25(4-2)19(18-12-10-17(15-26)11-13-18)23-24-20(21)22-14-16-8-6-5-7-9-16;/h5-13,15H,3-4,14H2,1-2H3,(H3,21,22,24);1H. The molecule has 6 nitrogen and oxygen atoms in total. The van der Waals surface area contributed by atoms with Gasteiger partial charge in [-0.2, -0.15) is 5.10 Å². The number of benzene rings is 2. The van der Waals surface area contributed by atoms with Crippen molar-refractivity contribution in [2.75, 3.05) is 13.1 Å². The van der Waals surface area contributed by atoms with Gasteiger partial charge in [-0.3, -0.25) is 4.79 Å². The zero-order valence-electron chi connectivity index (χ0n) is 15.6. The number of carbonyl (C=O) groups is 1. The van der Waals surface area contributed by atoms with E-state index in [4.69, 9.17) is 5.73 Å². The average molecular weight is 388 g/mol. The fourth-order valence-electron chi connectivity index (χ4n) is 2.46. The average Bonchev–Trinajstić information content (AvgIpc) is 2.70. The second-order valence-corrected chi connectivity index (χ2v) is 5.65. The predicted molar refractivity (Wildman–Crippen MR) is 113 cm³/mol. The van der Waals surface area contributed by atoms with Gasteiger partial charge < -0.3 is 10.6 Å². The first-order valence-corrected chi connectivity index (χ1v) is 8.66. The summed E-state index contributed by atoms with van der Waals surface area (Å²) in [4.78, 5) is 17.3. The van der Waals surface area contributed by atoms with E-state index in [-0.39, 0.29) is 18.4 Å². The monoisotopic (exact) mass is 387 g/mol. The summed E-state index contributed by atoms with van der Waals surface area (Å²) in [6, 6.07) is 17.2. The van der Waals surface area contributed by atoms with Crippen molar-refractivity contribution < 1.29 is 4.79 Å². The number of aliphatic imine (C=N–C) groups is 1. The number of hydrogen-bond acceptors (Lipinski definition) is 3. The quantitative estimate of drug-likeness (QED) is 0.331. The minimum atomic E-state index is 0. The molecule has 0 aromatic heterocycles. The van der Waals surface area contributed by atoms with Gasteiger partial charge in [-0.25, -0.2) is 10.4 Å². The van der Waals surface area contributed by atoms with E-state index in [1.165, 1.54) is 0 Å². The molecule has 7 heteroatoms. The molecule has 2 rings (SSSR count). The SMILES string of the molecule is CCN(CC)C(=NNC(N)=NCc1ccccc1)c1ccc(C=O)cc1.Cl. The van der Waals surface area contributed by atoms with Crippen LogP contribution in [-0.4, -0.2) is 36.1 Å². The maximum Gasteiger partial charge on any atom is 0.209 e. The molecule has 0 atom stereocenters. The third kappa shape index (κ3) is 6.75. The van der Waals surface area contributed by atoms with Gasteiger partial charge >= 0.3 is 0 Å². The Morgan fingerprint density at radius 3 is 2.26 bits per heavy atom. The summed E-state index contributed by atoms with van der Waals surface area (Å²) in [5.41, 5.74) is 11.4. The molecule has 0 saturated carbocycles. The van der Waals surface area contributed by atoms with E-state index in [2.05, 4.69) is 34.3 Å². The Bertz CT molecular complexity index is 756. The summed E-state index contributed by atoms with van der Waals surface area (Å²) in [5.74, 6) is 1.01. The number of halogens is 1. The molecule has 0 unspecified atom stereocenters. The molecule has 3 N–H and O–H groups in total. The molecule has 0 aliphatic carbocycles. The van der Waals surface area contributed by atoms with Gasteiger partial charge in [0.05, 0.1) is 6.54 Å². The summed E-state index contributed by atoms with van der Waals surface area (Å²) >= 11 is 0. The second kappa shape index (κ2) is 11.7. The van der Waals surface area contributed by atoms with E-state index in [0.29, 0.717) is 12.1 Å². The second-order valence-electron chi connectivity index (χ2n) is 5.65. The van der Waals surface area contributed by atoms with Crippen molar-refractivity contribution in [3.05, 3.63) is 71.3 Å². The minimum absolute atomic E-state index is 0. The first kappa shape index (κ1) is 22.2. The highest BCUT2D eigenvalue weighted by Crippen LogP contribution is 2.08. The first-order valence-electron chi connectivity index (χ1n) is 8.66. The van der Waals surface area contributed by atoms with Crippen LogP contribution in [0, 0.1) is 0 Å².